The molecule has 0 saturated carbocycles. The summed E-state index contributed by atoms with van der Waals surface area (Å²) in [6.45, 7) is 6.03. The fraction of sp³-hybridized carbons (Fsp3) is 0.846. The third kappa shape index (κ3) is 10.3. The van der Waals surface area contributed by atoms with E-state index >= 15 is 0 Å². The molecule has 0 heterocycles. The molecule has 6 heteroatoms. The molecule has 0 aliphatic heterocycles. The van der Waals surface area contributed by atoms with Crippen molar-refractivity contribution in [2.45, 2.75) is 39.5 Å². The summed E-state index contributed by atoms with van der Waals surface area (Å²) in [6.07, 6.45) is 3.10. The third-order valence-corrected chi connectivity index (χ3v) is 2.59. The Morgan fingerprint density at radius 2 is 1.89 bits per heavy atom. The maximum absolute atomic E-state index is 11.4. The summed E-state index contributed by atoms with van der Waals surface area (Å²) in [5.41, 5.74) is 0. The van der Waals surface area contributed by atoms with Gasteiger partial charge in [0.1, 0.15) is 0 Å². The van der Waals surface area contributed by atoms with Crippen LogP contribution >= 0.6 is 0 Å². The molecule has 0 bridgehead atoms. The summed E-state index contributed by atoms with van der Waals surface area (Å²) in [5, 5.41) is 14.2. The quantitative estimate of drug-likeness (QED) is 0.499. The SMILES string of the molecule is CCCOCCCNC(=O)NCC(CCC)C(=O)O. The van der Waals surface area contributed by atoms with Crippen molar-refractivity contribution < 1.29 is 19.4 Å². The molecule has 0 fully saturated rings. The molecule has 0 aliphatic carbocycles. The lowest BCUT2D eigenvalue weighted by Gasteiger charge is -2.13. The number of aliphatic carboxylic acids is 1. The lowest BCUT2D eigenvalue weighted by atomic mass is 10.0. The first-order valence-corrected chi connectivity index (χ1v) is 6.94. The monoisotopic (exact) mass is 274 g/mol. The molecule has 19 heavy (non-hydrogen) atoms. The maximum atomic E-state index is 11.4. The van der Waals surface area contributed by atoms with E-state index in [2.05, 4.69) is 10.6 Å². The number of carboxylic acids is 1. The minimum absolute atomic E-state index is 0.168. The van der Waals surface area contributed by atoms with Crippen molar-refractivity contribution in [1.29, 1.82) is 0 Å². The van der Waals surface area contributed by atoms with E-state index in [0.29, 0.717) is 19.6 Å². The minimum atomic E-state index is -0.866. The van der Waals surface area contributed by atoms with Gasteiger partial charge in [-0.15, -0.1) is 0 Å². The Balaban J connectivity index is 3.59. The Labute approximate surface area is 114 Å². The predicted octanol–water partition coefficient (Wildman–Crippen LogP) is 1.60. The van der Waals surface area contributed by atoms with Gasteiger partial charge in [-0.2, -0.15) is 0 Å². The Kier molecular flexibility index (Phi) is 11.0. The van der Waals surface area contributed by atoms with Crippen LogP contribution in [0.15, 0.2) is 0 Å². The van der Waals surface area contributed by atoms with Crippen LogP contribution in [0.1, 0.15) is 39.5 Å². The van der Waals surface area contributed by atoms with Crippen LogP contribution in [0.25, 0.3) is 0 Å². The predicted molar refractivity (Wildman–Crippen MR) is 73.2 cm³/mol. The second-order valence-corrected chi connectivity index (χ2v) is 4.43. The average Bonchev–Trinajstić information content (AvgIpc) is 2.38. The summed E-state index contributed by atoms with van der Waals surface area (Å²) in [4.78, 5) is 22.3. The molecule has 0 aromatic rings. The van der Waals surface area contributed by atoms with E-state index in [-0.39, 0.29) is 12.6 Å². The molecule has 0 saturated heterocycles. The van der Waals surface area contributed by atoms with E-state index in [9.17, 15) is 9.59 Å². The zero-order chi connectivity index (χ0) is 14.5. The van der Waals surface area contributed by atoms with Gasteiger partial charge in [-0.3, -0.25) is 4.79 Å². The highest BCUT2D eigenvalue weighted by molar-refractivity contribution is 5.75. The number of carbonyl (C=O) groups excluding carboxylic acids is 1. The second kappa shape index (κ2) is 11.8. The molecule has 0 spiro atoms. The van der Waals surface area contributed by atoms with Gasteiger partial charge >= 0.3 is 12.0 Å². The van der Waals surface area contributed by atoms with Crippen molar-refractivity contribution in [2.24, 2.45) is 5.92 Å². The smallest absolute Gasteiger partial charge is 0.314 e. The van der Waals surface area contributed by atoms with Crippen molar-refractivity contribution in [2.75, 3.05) is 26.3 Å². The standard InChI is InChI=1S/C13H26N2O4/c1-3-6-11(12(16)17)10-15-13(18)14-7-5-9-19-8-4-2/h11H,3-10H2,1-2H3,(H,16,17)(H2,14,15,18). The van der Waals surface area contributed by atoms with Crippen molar-refractivity contribution in [3.8, 4) is 0 Å². The molecular weight excluding hydrogens is 248 g/mol. The van der Waals surface area contributed by atoms with Gasteiger partial charge in [-0.05, 0) is 19.3 Å². The van der Waals surface area contributed by atoms with Crippen molar-refractivity contribution in [1.82, 2.24) is 10.6 Å². The molecule has 1 atom stereocenters. The van der Waals surface area contributed by atoms with E-state index in [1.165, 1.54) is 0 Å². The van der Waals surface area contributed by atoms with Crippen LogP contribution in [0.4, 0.5) is 4.79 Å². The zero-order valence-corrected chi connectivity index (χ0v) is 11.9. The molecule has 0 radical (unpaired) electrons. The number of hydrogen-bond acceptors (Lipinski definition) is 3. The highest BCUT2D eigenvalue weighted by Gasteiger charge is 2.16. The lowest BCUT2D eigenvalue weighted by Crippen LogP contribution is -2.40. The maximum Gasteiger partial charge on any atom is 0.314 e. The largest absolute Gasteiger partial charge is 0.481 e. The van der Waals surface area contributed by atoms with Gasteiger partial charge in [-0.25, -0.2) is 4.79 Å². The topological polar surface area (TPSA) is 87.7 Å². The molecule has 0 rings (SSSR count). The van der Waals surface area contributed by atoms with E-state index in [1.54, 1.807) is 0 Å². The van der Waals surface area contributed by atoms with Crippen LogP contribution in [0.2, 0.25) is 0 Å². The fourth-order valence-corrected chi connectivity index (χ4v) is 1.56. The van der Waals surface area contributed by atoms with Crippen LogP contribution in [0.3, 0.4) is 0 Å². The highest BCUT2D eigenvalue weighted by Crippen LogP contribution is 2.04. The van der Waals surface area contributed by atoms with Gasteiger partial charge in [0.15, 0.2) is 0 Å². The number of amides is 2. The second-order valence-electron chi connectivity index (χ2n) is 4.43. The number of ether oxygens (including phenoxy) is 1. The summed E-state index contributed by atoms with van der Waals surface area (Å²) >= 11 is 0. The Morgan fingerprint density at radius 1 is 1.16 bits per heavy atom. The Bertz CT molecular complexity index is 259. The first-order valence-electron chi connectivity index (χ1n) is 6.94. The molecule has 0 aliphatic rings. The Morgan fingerprint density at radius 3 is 2.47 bits per heavy atom. The molecule has 112 valence electrons. The normalized spacial score (nSPS) is 11.9. The van der Waals surface area contributed by atoms with Gasteiger partial charge in [-0.1, -0.05) is 20.3 Å². The minimum Gasteiger partial charge on any atom is -0.481 e. The van der Waals surface area contributed by atoms with E-state index < -0.39 is 11.9 Å². The van der Waals surface area contributed by atoms with Gasteiger partial charge in [0, 0.05) is 26.3 Å². The molecular formula is C13H26N2O4. The zero-order valence-electron chi connectivity index (χ0n) is 11.9. The van der Waals surface area contributed by atoms with Crippen LogP contribution in [-0.4, -0.2) is 43.4 Å². The van der Waals surface area contributed by atoms with Crippen LogP contribution in [-0.2, 0) is 9.53 Å². The van der Waals surface area contributed by atoms with Crippen LogP contribution in [0, 0.1) is 5.92 Å². The van der Waals surface area contributed by atoms with Gasteiger partial charge in [0.2, 0.25) is 0 Å². The number of rotatable bonds is 11. The van der Waals surface area contributed by atoms with E-state index in [0.717, 1.165) is 25.9 Å². The number of urea groups is 1. The summed E-state index contributed by atoms with van der Waals surface area (Å²) < 4.78 is 5.28. The molecule has 0 aromatic carbocycles. The first kappa shape index (κ1) is 17.7. The highest BCUT2D eigenvalue weighted by atomic mass is 16.5. The molecule has 3 N–H and O–H groups in total. The van der Waals surface area contributed by atoms with Crippen LogP contribution in [0.5, 0.6) is 0 Å². The number of carbonyl (C=O) groups is 2. The lowest BCUT2D eigenvalue weighted by molar-refractivity contribution is -0.141. The van der Waals surface area contributed by atoms with Crippen molar-refractivity contribution in [3.05, 3.63) is 0 Å². The summed E-state index contributed by atoms with van der Waals surface area (Å²) in [5.74, 6) is -1.38. The fourth-order valence-electron chi connectivity index (χ4n) is 1.56. The average molecular weight is 274 g/mol. The van der Waals surface area contributed by atoms with Crippen molar-refractivity contribution in [3.63, 3.8) is 0 Å². The first-order chi connectivity index (χ1) is 9.11. The molecule has 0 aromatic heterocycles. The molecule has 6 nitrogen and oxygen atoms in total. The van der Waals surface area contributed by atoms with Crippen molar-refractivity contribution >= 4 is 12.0 Å². The number of hydrogen-bond donors (Lipinski definition) is 3. The van der Waals surface area contributed by atoms with Gasteiger partial charge < -0.3 is 20.5 Å². The van der Waals surface area contributed by atoms with Gasteiger partial charge in [0.05, 0.1) is 5.92 Å². The van der Waals surface area contributed by atoms with Gasteiger partial charge in [0.25, 0.3) is 0 Å². The summed E-state index contributed by atoms with van der Waals surface area (Å²) in [6, 6.07) is -0.321. The number of carboxylic acid groups (broad SMARTS) is 1. The van der Waals surface area contributed by atoms with Crippen LogP contribution < -0.4 is 10.6 Å². The Hall–Kier alpha value is -1.30. The van der Waals surface area contributed by atoms with E-state index in [4.69, 9.17) is 9.84 Å². The molecule has 2 amide bonds. The molecule has 1 unspecified atom stereocenters. The number of nitrogens with one attached hydrogen (secondary N) is 2. The summed E-state index contributed by atoms with van der Waals surface area (Å²) in [7, 11) is 0. The third-order valence-electron chi connectivity index (χ3n) is 2.59. The van der Waals surface area contributed by atoms with E-state index in [1.807, 2.05) is 13.8 Å².